The molecule has 2 atom stereocenters. The molecule has 1 aromatic rings. The van der Waals surface area contributed by atoms with Crippen LogP contribution in [-0.4, -0.2) is 30.5 Å². The molecule has 1 aliphatic carbocycles. The number of carbonyl (C=O) groups is 1. The number of likely N-dealkylation sites (tertiary alicyclic amines) is 1. The molecule has 1 saturated heterocycles. The van der Waals surface area contributed by atoms with Crippen LogP contribution in [0.4, 0.5) is 0 Å². The molecule has 3 rings (SSSR count). The first-order valence-corrected chi connectivity index (χ1v) is 6.82. The molecule has 100 valence electrons. The van der Waals surface area contributed by atoms with E-state index in [1.807, 2.05) is 23.1 Å². The van der Waals surface area contributed by atoms with Crippen LogP contribution in [-0.2, 0) is 11.2 Å². The predicted octanol–water partition coefficient (Wildman–Crippen LogP) is 2.51. The van der Waals surface area contributed by atoms with E-state index in [1.165, 1.54) is 11.1 Å². The van der Waals surface area contributed by atoms with Gasteiger partial charge in [-0.3, -0.25) is 4.79 Å². The average Bonchev–Trinajstić information content (AvgIpc) is 2.75. The minimum absolute atomic E-state index is 0.255. The zero-order valence-electron chi connectivity index (χ0n) is 11.3. The van der Waals surface area contributed by atoms with Crippen LogP contribution < -0.4 is 4.74 Å². The van der Waals surface area contributed by atoms with Crippen molar-refractivity contribution < 1.29 is 9.53 Å². The standard InChI is InChI=1S/C16H19NO2/c1-3-9-17-14-8-7-12-11(13(14)10-16(17)18)5-4-6-15(12)19-2/h3-6,13-14H,1,7-10H2,2H3/t13-,14+/m0/s1. The van der Waals surface area contributed by atoms with Gasteiger partial charge < -0.3 is 9.64 Å². The Bertz CT molecular complexity index is 523. The summed E-state index contributed by atoms with van der Waals surface area (Å²) < 4.78 is 5.45. The molecule has 1 heterocycles. The van der Waals surface area contributed by atoms with Crippen molar-refractivity contribution in [3.05, 3.63) is 42.0 Å². The van der Waals surface area contributed by atoms with E-state index in [9.17, 15) is 4.79 Å². The highest BCUT2D eigenvalue weighted by atomic mass is 16.5. The van der Waals surface area contributed by atoms with Crippen molar-refractivity contribution >= 4 is 5.91 Å². The molecule has 19 heavy (non-hydrogen) atoms. The molecule has 0 bridgehead atoms. The van der Waals surface area contributed by atoms with Gasteiger partial charge in [-0.1, -0.05) is 18.2 Å². The number of ether oxygens (including phenoxy) is 1. The summed E-state index contributed by atoms with van der Waals surface area (Å²) in [5, 5.41) is 0. The van der Waals surface area contributed by atoms with Gasteiger partial charge in [0.2, 0.25) is 5.91 Å². The second-order valence-electron chi connectivity index (χ2n) is 5.28. The van der Waals surface area contributed by atoms with Crippen LogP contribution in [0.25, 0.3) is 0 Å². The third-order valence-electron chi connectivity index (χ3n) is 4.38. The maximum atomic E-state index is 12.1. The number of benzene rings is 1. The van der Waals surface area contributed by atoms with Gasteiger partial charge in [0, 0.05) is 24.9 Å². The van der Waals surface area contributed by atoms with Crippen molar-refractivity contribution in [3.8, 4) is 5.75 Å². The molecule has 0 radical (unpaired) electrons. The minimum atomic E-state index is 0.255. The molecule has 0 aromatic heterocycles. The lowest BCUT2D eigenvalue weighted by Gasteiger charge is -2.33. The van der Waals surface area contributed by atoms with Crippen LogP contribution in [0.15, 0.2) is 30.9 Å². The summed E-state index contributed by atoms with van der Waals surface area (Å²) in [7, 11) is 1.71. The van der Waals surface area contributed by atoms with Gasteiger partial charge in [0.25, 0.3) is 0 Å². The second-order valence-corrected chi connectivity index (χ2v) is 5.28. The number of nitrogens with zero attached hydrogens (tertiary/aromatic N) is 1. The zero-order chi connectivity index (χ0) is 13.4. The number of fused-ring (bicyclic) bond motifs is 3. The topological polar surface area (TPSA) is 29.5 Å². The molecule has 0 saturated carbocycles. The molecule has 2 aliphatic rings. The highest BCUT2D eigenvalue weighted by Crippen LogP contribution is 2.44. The number of amides is 1. The third-order valence-corrected chi connectivity index (χ3v) is 4.38. The first kappa shape index (κ1) is 12.3. The van der Waals surface area contributed by atoms with Gasteiger partial charge in [0.05, 0.1) is 7.11 Å². The quantitative estimate of drug-likeness (QED) is 0.779. The van der Waals surface area contributed by atoms with Crippen LogP contribution in [0, 0.1) is 0 Å². The van der Waals surface area contributed by atoms with Crippen molar-refractivity contribution in [3.63, 3.8) is 0 Å². The number of hydrogen-bond donors (Lipinski definition) is 0. The Kier molecular flexibility index (Phi) is 3.05. The number of hydrogen-bond acceptors (Lipinski definition) is 2. The molecule has 0 N–H and O–H groups in total. The van der Waals surface area contributed by atoms with E-state index in [4.69, 9.17) is 4.74 Å². The Balaban J connectivity index is 1.99. The fourth-order valence-electron chi connectivity index (χ4n) is 3.58. The maximum absolute atomic E-state index is 12.1. The normalized spacial score (nSPS) is 24.9. The van der Waals surface area contributed by atoms with Gasteiger partial charge >= 0.3 is 0 Å². The summed E-state index contributed by atoms with van der Waals surface area (Å²) >= 11 is 0. The molecule has 1 aromatic carbocycles. The molecule has 3 heteroatoms. The van der Waals surface area contributed by atoms with Crippen LogP contribution in [0.1, 0.15) is 29.9 Å². The SMILES string of the molecule is C=CCN1C(=O)C[C@H]2c3cccc(OC)c3CC[C@H]21. The Labute approximate surface area is 113 Å². The molecule has 0 spiro atoms. The van der Waals surface area contributed by atoms with Gasteiger partial charge in [-0.05, 0) is 30.0 Å². The van der Waals surface area contributed by atoms with E-state index in [1.54, 1.807) is 7.11 Å². The zero-order valence-corrected chi connectivity index (χ0v) is 11.3. The summed E-state index contributed by atoms with van der Waals surface area (Å²) in [6, 6.07) is 6.53. The highest BCUT2D eigenvalue weighted by molar-refractivity contribution is 5.81. The summed E-state index contributed by atoms with van der Waals surface area (Å²) in [5.41, 5.74) is 2.59. The summed E-state index contributed by atoms with van der Waals surface area (Å²) in [6.45, 7) is 4.42. The average molecular weight is 257 g/mol. The first-order chi connectivity index (χ1) is 9.26. The predicted molar refractivity (Wildman–Crippen MR) is 74.4 cm³/mol. The molecular weight excluding hydrogens is 238 g/mol. The molecule has 3 nitrogen and oxygen atoms in total. The summed E-state index contributed by atoms with van der Waals surface area (Å²) in [6.07, 6.45) is 4.46. The van der Waals surface area contributed by atoms with E-state index < -0.39 is 0 Å². The molecule has 1 aliphatic heterocycles. The first-order valence-electron chi connectivity index (χ1n) is 6.82. The van der Waals surface area contributed by atoms with Crippen molar-refractivity contribution in [1.82, 2.24) is 4.90 Å². The van der Waals surface area contributed by atoms with Crippen LogP contribution in [0.3, 0.4) is 0 Å². The fourth-order valence-corrected chi connectivity index (χ4v) is 3.58. The largest absolute Gasteiger partial charge is 0.496 e. The lowest BCUT2D eigenvalue weighted by molar-refractivity contribution is -0.128. The Morgan fingerprint density at radius 2 is 2.37 bits per heavy atom. The van der Waals surface area contributed by atoms with E-state index in [0.717, 1.165) is 18.6 Å². The van der Waals surface area contributed by atoms with E-state index in [2.05, 4.69) is 12.6 Å². The lowest BCUT2D eigenvalue weighted by Crippen LogP contribution is -2.37. The van der Waals surface area contributed by atoms with Gasteiger partial charge in [-0.25, -0.2) is 0 Å². The van der Waals surface area contributed by atoms with E-state index in [0.29, 0.717) is 24.9 Å². The summed E-state index contributed by atoms with van der Waals surface area (Å²) in [5.74, 6) is 1.54. The number of methoxy groups -OCH3 is 1. The number of rotatable bonds is 3. The van der Waals surface area contributed by atoms with E-state index in [-0.39, 0.29) is 5.91 Å². The molecule has 0 unspecified atom stereocenters. The van der Waals surface area contributed by atoms with Gasteiger partial charge in [0.1, 0.15) is 5.75 Å². The Morgan fingerprint density at radius 3 is 3.11 bits per heavy atom. The van der Waals surface area contributed by atoms with Crippen LogP contribution in [0.5, 0.6) is 5.75 Å². The van der Waals surface area contributed by atoms with Gasteiger partial charge in [-0.2, -0.15) is 0 Å². The smallest absolute Gasteiger partial charge is 0.223 e. The second kappa shape index (κ2) is 4.72. The Hall–Kier alpha value is -1.77. The fraction of sp³-hybridized carbons (Fsp3) is 0.438. The highest BCUT2D eigenvalue weighted by Gasteiger charge is 2.43. The monoisotopic (exact) mass is 257 g/mol. The van der Waals surface area contributed by atoms with Crippen molar-refractivity contribution in [2.24, 2.45) is 0 Å². The van der Waals surface area contributed by atoms with Gasteiger partial charge in [0.15, 0.2) is 0 Å². The maximum Gasteiger partial charge on any atom is 0.223 e. The minimum Gasteiger partial charge on any atom is -0.496 e. The van der Waals surface area contributed by atoms with Crippen molar-refractivity contribution in [2.75, 3.05) is 13.7 Å². The van der Waals surface area contributed by atoms with Crippen LogP contribution >= 0.6 is 0 Å². The van der Waals surface area contributed by atoms with Crippen molar-refractivity contribution in [1.29, 1.82) is 0 Å². The molecule has 1 fully saturated rings. The van der Waals surface area contributed by atoms with Crippen molar-refractivity contribution in [2.45, 2.75) is 31.2 Å². The number of carbonyl (C=O) groups excluding carboxylic acids is 1. The molecule has 1 amide bonds. The lowest BCUT2D eigenvalue weighted by atomic mass is 9.79. The van der Waals surface area contributed by atoms with Gasteiger partial charge in [-0.15, -0.1) is 6.58 Å². The summed E-state index contributed by atoms with van der Waals surface area (Å²) in [4.78, 5) is 14.1. The Morgan fingerprint density at radius 1 is 1.53 bits per heavy atom. The van der Waals surface area contributed by atoms with E-state index >= 15 is 0 Å². The molecular formula is C16H19NO2. The third kappa shape index (κ3) is 1.84. The van der Waals surface area contributed by atoms with Crippen LogP contribution in [0.2, 0.25) is 0 Å².